The summed E-state index contributed by atoms with van der Waals surface area (Å²) in [5.41, 5.74) is 6.55. The van der Waals surface area contributed by atoms with Crippen molar-refractivity contribution in [2.75, 3.05) is 0 Å². The number of benzene rings is 2. The normalized spacial score (nSPS) is 11.6. The maximum atomic E-state index is 5.71. The minimum atomic E-state index is 0.702. The first-order valence-corrected chi connectivity index (χ1v) is 7.38. The molecule has 2 heterocycles. The average molecular weight is 292 g/mol. The Bertz CT molecular complexity index is 985. The van der Waals surface area contributed by atoms with Crippen molar-refractivity contribution < 1.29 is 8.98 Å². The van der Waals surface area contributed by atoms with Crippen LogP contribution in [-0.4, -0.2) is 9.55 Å². The SMILES string of the molecule is Cc1nc2cc(C)c(-c3n(C)c4ccccc4[n+]3C)cc2o1. The topological polar surface area (TPSA) is 34.8 Å². The van der Waals surface area contributed by atoms with E-state index in [4.69, 9.17) is 4.42 Å². The van der Waals surface area contributed by atoms with Gasteiger partial charge in [0.05, 0.1) is 19.7 Å². The molecule has 0 fully saturated rings. The zero-order chi connectivity index (χ0) is 15.4. The molecule has 0 unspecified atom stereocenters. The largest absolute Gasteiger partial charge is 0.441 e. The monoisotopic (exact) mass is 292 g/mol. The zero-order valence-corrected chi connectivity index (χ0v) is 13.2. The molecule has 4 aromatic rings. The molecule has 0 saturated heterocycles. The van der Waals surface area contributed by atoms with Gasteiger partial charge in [-0.25, -0.2) is 14.1 Å². The third kappa shape index (κ3) is 1.70. The molecule has 0 spiro atoms. The van der Waals surface area contributed by atoms with Gasteiger partial charge in [0.2, 0.25) is 0 Å². The minimum Gasteiger partial charge on any atom is -0.441 e. The Balaban J connectivity index is 2.08. The lowest BCUT2D eigenvalue weighted by Gasteiger charge is -2.03. The number of hydrogen-bond donors (Lipinski definition) is 0. The first kappa shape index (κ1) is 13.1. The van der Waals surface area contributed by atoms with Crippen LogP contribution in [-0.2, 0) is 14.1 Å². The maximum absolute atomic E-state index is 5.71. The van der Waals surface area contributed by atoms with Crippen molar-refractivity contribution in [1.29, 1.82) is 0 Å². The second-order valence-electron chi connectivity index (χ2n) is 5.80. The molecule has 4 nitrogen and oxygen atoms in total. The number of para-hydroxylation sites is 2. The molecular formula is C18H18N3O+. The summed E-state index contributed by atoms with van der Waals surface area (Å²) >= 11 is 0. The van der Waals surface area contributed by atoms with Gasteiger partial charge < -0.3 is 4.42 Å². The molecule has 0 atom stereocenters. The Morgan fingerprint density at radius 2 is 1.91 bits per heavy atom. The van der Waals surface area contributed by atoms with E-state index in [1.165, 1.54) is 22.2 Å². The van der Waals surface area contributed by atoms with Crippen LogP contribution in [0.2, 0.25) is 0 Å². The Morgan fingerprint density at radius 1 is 1.14 bits per heavy atom. The first-order valence-electron chi connectivity index (χ1n) is 7.38. The van der Waals surface area contributed by atoms with Crippen molar-refractivity contribution in [3.8, 4) is 11.4 Å². The fourth-order valence-electron chi connectivity index (χ4n) is 3.28. The van der Waals surface area contributed by atoms with Gasteiger partial charge in [0, 0.05) is 6.92 Å². The lowest BCUT2D eigenvalue weighted by atomic mass is 10.1. The van der Waals surface area contributed by atoms with Gasteiger partial charge in [0.1, 0.15) is 5.52 Å². The van der Waals surface area contributed by atoms with Crippen LogP contribution < -0.4 is 4.57 Å². The van der Waals surface area contributed by atoms with Crippen LogP contribution in [0.4, 0.5) is 0 Å². The summed E-state index contributed by atoms with van der Waals surface area (Å²) in [6, 6.07) is 12.6. The van der Waals surface area contributed by atoms with E-state index in [2.05, 4.69) is 71.5 Å². The van der Waals surface area contributed by atoms with E-state index >= 15 is 0 Å². The van der Waals surface area contributed by atoms with E-state index in [9.17, 15) is 0 Å². The molecule has 0 amide bonds. The first-order chi connectivity index (χ1) is 10.6. The predicted octanol–water partition coefficient (Wildman–Crippen LogP) is 3.43. The van der Waals surface area contributed by atoms with Crippen LogP contribution >= 0.6 is 0 Å². The van der Waals surface area contributed by atoms with Gasteiger partial charge in [-0.3, -0.25) is 0 Å². The van der Waals surface area contributed by atoms with E-state index in [1.54, 1.807) is 0 Å². The van der Waals surface area contributed by atoms with Crippen molar-refractivity contribution in [1.82, 2.24) is 9.55 Å². The molecule has 2 aromatic heterocycles. The lowest BCUT2D eigenvalue weighted by molar-refractivity contribution is -0.634. The number of oxazole rings is 1. The summed E-state index contributed by atoms with van der Waals surface area (Å²) in [5.74, 6) is 1.86. The van der Waals surface area contributed by atoms with Gasteiger partial charge in [-0.2, -0.15) is 0 Å². The van der Waals surface area contributed by atoms with Crippen molar-refractivity contribution in [2.24, 2.45) is 14.1 Å². The average Bonchev–Trinajstić information content (AvgIpc) is 2.97. The third-order valence-corrected chi connectivity index (χ3v) is 4.32. The molecule has 0 aliphatic rings. The molecule has 0 radical (unpaired) electrons. The fourth-order valence-corrected chi connectivity index (χ4v) is 3.28. The van der Waals surface area contributed by atoms with Gasteiger partial charge in [0.15, 0.2) is 22.5 Å². The van der Waals surface area contributed by atoms with Crippen molar-refractivity contribution in [3.63, 3.8) is 0 Å². The summed E-state index contributed by atoms with van der Waals surface area (Å²) in [5, 5.41) is 0. The quantitative estimate of drug-likeness (QED) is 0.504. The van der Waals surface area contributed by atoms with Crippen LogP contribution in [0.5, 0.6) is 0 Å². The highest BCUT2D eigenvalue weighted by Crippen LogP contribution is 2.29. The standard InChI is InChI=1S/C18H18N3O/c1-11-9-14-17(22-12(2)19-14)10-13(11)18-20(3)15-7-5-6-8-16(15)21(18)4/h5-10H,1-4H3/q+1. The predicted molar refractivity (Wildman–Crippen MR) is 86.6 cm³/mol. The van der Waals surface area contributed by atoms with Crippen LogP contribution in [0.1, 0.15) is 11.5 Å². The van der Waals surface area contributed by atoms with Crippen LogP contribution in [0, 0.1) is 13.8 Å². The summed E-state index contributed by atoms with van der Waals surface area (Å²) in [4.78, 5) is 4.42. The second-order valence-corrected chi connectivity index (χ2v) is 5.80. The Kier molecular flexibility index (Phi) is 2.64. The molecule has 0 aliphatic carbocycles. The number of aromatic nitrogens is 3. The number of hydrogen-bond acceptors (Lipinski definition) is 2. The highest BCUT2D eigenvalue weighted by molar-refractivity contribution is 5.83. The summed E-state index contributed by atoms with van der Waals surface area (Å²) in [6.07, 6.45) is 0. The van der Waals surface area contributed by atoms with E-state index in [0.717, 1.165) is 16.9 Å². The summed E-state index contributed by atoms with van der Waals surface area (Å²) < 4.78 is 10.2. The smallest absolute Gasteiger partial charge is 0.289 e. The number of fused-ring (bicyclic) bond motifs is 2. The number of rotatable bonds is 1. The van der Waals surface area contributed by atoms with Gasteiger partial charge in [-0.1, -0.05) is 12.1 Å². The van der Waals surface area contributed by atoms with E-state index in [1.807, 2.05) is 6.92 Å². The number of imidazole rings is 1. The third-order valence-electron chi connectivity index (χ3n) is 4.32. The molecule has 0 N–H and O–H groups in total. The van der Waals surface area contributed by atoms with E-state index < -0.39 is 0 Å². The fraction of sp³-hybridized carbons (Fsp3) is 0.222. The molecule has 0 bridgehead atoms. The molecule has 4 heteroatoms. The van der Waals surface area contributed by atoms with Crippen LogP contribution in [0.3, 0.4) is 0 Å². The summed E-state index contributed by atoms with van der Waals surface area (Å²) in [6.45, 7) is 4.00. The molecule has 110 valence electrons. The Morgan fingerprint density at radius 3 is 2.68 bits per heavy atom. The van der Waals surface area contributed by atoms with Gasteiger partial charge in [-0.15, -0.1) is 0 Å². The molecular weight excluding hydrogens is 274 g/mol. The molecule has 0 aliphatic heterocycles. The second kappa shape index (κ2) is 4.44. The van der Waals surface area contributed by atoms with Crippen molar-refractivity contribution >= 4 is 22.1 Å². The number of nitrogens with zero attached hydrogens (tertiary/aromatic N) is 3. The minimum absolute atomic E-state index is 0.702. The maximum Gasteiger partial charge on any atom is 0.289 e. The Hall–Kier alpha value is -2.62. The lowest BCUT2D eigenvalue weighted by Crippen LogP contribution is -2.30. The van der Waals surface area contributed by atoms with Crippen molar-refractivity contribution in [3.05, 3.63) is 47.9 Å². The number of aryl methyl sites for hydroxylation is 4. The van der Waals surface area contributed by atoms with Gasteiger partial charge >= 0.3 is 0 Å². The van der Waals surface area contributed by atoms with E-state index in [-0.39, 0.29) is 0 Å². The highest BCUT2D eigenvalue weighted by Gasteiger charge is 2.23. The van der Waals surface area contributed by atoms with Gasteiger partial charge in [0.25, 0.3) is 5.82 Å². The van der Waals surface area contributed by atoms with Crippen molar-refractivity contribution in [2.45, 2.75) is 13.8 Å². The molecule has 22 heavy (non-hydrogen) atoms. The van der Waals surface area contributed by atoms with Gasteiger partial charge in [-0.05, 0) is 36.8 Å². The van der Waals surface area contributed by atoms with Crippen LogP contribution in [0.25, 0.3) is 33.5 Å². The Labute approximate surface area is 128 Å². The zero-order valence-electron chi connectivity index (χ0n) is 13.2. The van der Waals surface area contributed by atoms with E-state index in [0.29, 0.717) is 5.89 Å². The molecule has 0 saturated carbocycles. The highest BCUT2D eigenvalue weighted by atomic mass is 16.3. The molecule has 4 rings (SSSR count). The molecule has 2 aromatic carbocycles. The van der Waals surface area contributed by atoms with Crippen LogP contribution in [0.15, 0.2) is 40.8 Å². The summed E-state index contributed by atoms with van der Waals surface area (Å²) in [7, 11) is 4.21.